The highest BCUT2D eigenvalue weighted by Gasteiger charge is 2.33. The van der Waals surface area contributed by atoms with Crippen molar-refractivity contribution in [3.05, 3.63) is 89.0 Å². The summed E-state index contributed by atoms with van der Waals surface area (Å²) in [5.41, 5.74) is 3.26. The Labute approximate surface area is 215 Å². The fourth-order valence-corrected chi connectivity index (χ4v) is 5.44. The molecule has 2 aromatic carbocycles. The molecule has 7 nitrogen and oxygen atoms in total. The first kappa shape index (κ1) is 24.9. The molecule has 4 rings (SSSR count). The number of thiazole rings is 1. The molecule has 9 heteroatoms. The lowest BCUT2D eigenvalue weighted by Gasteiger charge is -2.25. The zero-order valence-corrected chi connectivity index (χ0v) is 22.6. The highest BCUT2D eigenvalue weighted by Crippen LogP contribution is 2.31. The van der Waals surface area contributed by atoms with Crippen LogP contribution in [0.5, 0.6) is 5.75 Å². The fourth-order valence-electron chi connectivity index (χ4n) is 4.02. The van der Waals surface area contributed by atoms with Gasteiger partial charge >= 0.3 is 5.97 Å². The lowest BCUT2D eigenvalue weighted by molar-refractivity contribution is -0.139. The molecular formula is C26H26BrN3O4S. The number of benzene rings is 2. The Morgan fingerprint density at radius 1 is 1.23 bits per heavy atom. The second-order valence-electron chi connectivity index (χ2n) is 8.17. The number of rotatable bonds is 6. The minimum atomic E-state index is -0.645. The Hall–Kier alpha value is -3.17. The molecule has 1 atom stereocenters. The quantitative estimate of drug-likeness (QED) is 0.434. The number of fused-ring (bicyclic) bond motifs is 1. The van der Waals surface area contributed by atoms with Gasteiger partial charge in [0, 0.05) is 29.8 Å². The SMILES string of the molecule is CCOC(=O)C1=C(C)N=c2s/c(=C\c3cc(Br)ccc3OC)c(=O)n2[C@H]1c1ccc(N(C)C)cc1. The van der Waals surface area contributed by atoms with Gasteiger partial charge in [-0.05, 0) is 55.8 Å². The Morgan fingerprint density at radius 3 is 2.57 bits per heavy atom. The fraction of sp³-hybridized carbons (Fsp3) is 0.269. The Bertz CT molecular complexity index is 1490. The van der Waals surface area contributed by atoms with Crippen molar-refractivity contribution in [2.75, 3.05) is 32.7 Å². The third-order valence-corrected chi connectivity index (χ3v) is 7.20. The second-order valence-corrected chi connectivity index (χ2v) is 10.1. The van der Waals surface area contributed by atoms with Crippen LogP contribution in [0.1, 0.15) is 31.0 Å². The summed E-state index contributed by atoms with van der Waals surface area (Å²) in [6.07, 6.45) is 1.79. The normalized spacial score (nSPS) is 15.5. The maximum atomic E-state index is 13.7. The maximum Gasteiger partial charge on any atom is 0.338 e. The second kappa shape index (κ2) is 10.2. The van der Waals surface area contributed by atoms with Gasteiger partial charge in [-0.3, -0.25) is 9.36 Å². The third-order valence-electron chi connectivity index (χ3n) is 5.72. The van der Waals surface area contributed by atoms with Gasteiger partial charge in [0.2, 0.25) is 0 Å². The Balaban J connectivity index is 1.95. The van der Waals surface area contributed by atoms with Crippen LogP contribution < -0.4 is 24.5 Å². The number of allylic oxidation sites excluding steroid dienone is 1. The van der Waals surface area contributed by atoms with Crippen molar-refractivity contribution >= 4 is 45.0 Å². The van der Waals surface area contributed by atoms with Gasteiger partial charge in [0.1, 0.15) is 5.75 Å². The van der Waals surface area contributed by atoms with Gasteiger partial charge in [0.05, 0.1) is 35.6 Å². The molecule has 0 bridgehead atoms. The van der Waals surface area contributed by atoms with Crippen LogP contribution >= 0.6 is 27.3 Å². The van der Waals surface area contributed by atoms with Gasteiger partial charge < -0.3 is 14.4 Å². The van der Waals surface area contributed by atoms with Crippen LogP contribution in [0.25, 0.3) is 6.08 Å². The van der Waals surface area contributed by atoms with E-state index < -0.39 is 12.0 Å². The van der Waals surface area contributed by atoms with E-state index in [0.29, 0.717) is 26.4 Å². The summed E-state index contributed by atoms with van der Waals surface area (Å²) < 4.78 is 13.8. The van der Waals surface area contributed by atoms with Gasteiger partial charge in [0.25, 0.3) is 5.56 Å². The summed E-state index contributed by atoms with van der Waals surface area (Å²) in [6, 6.07) is 12.8. The predicted molar refractivity (Wildman–Crippen MR) is 142 cm³/mol. The molecule has 0 radical (unpaired) electrons. The number of anilines is 1. The summed E-state index contributed by atoms with van der Waals surface area (Å²) in [7, 11) is 5.51. The minimum absolute atomic E-state index is 0.230. The van der Waals surface area contributed by atoms with Gasteiger partial charge in [-0.2, -0.15) is 0 Å². The topological polar surface area (TPSA) is 73.1 Å². The summed E-state index contributed by atoms with van der Waals surface area (Å²) in [6.45, 7) is 3.77. The lowest BCUT2D eigenvalue weighted by atomic mass is 9.95. The van der Waals surface area contributed by atoms with Gasteiger partial charge in [-0.1, -0.05) is 39.4 Å². The lowest BCUT2D eigenvalue weighted by Crippen LogP contribution is -2.40. The van der Waals surface area contributed by atoms with Crippen LogP contribution in [-0.4, -0.2) is 38.3 Å². The number of carbonyl (C=O) groups is 1. The molecule has 35 heavy (non-hydrogen) atoms. The molecule has 1 aliphatic rings. The number of esters is 1. The molecule has 0 aliphatic carbocycles. The molecule has 0 saturated carbocycles. The number of methoxy groups -OCH3 is 1. The van der Waals surface area contributed by atoms with Crippen molar-refractivity contribution in [2.24, 2.45) is 4.99 Å². The highest BCUT2D eigenvalue weighted by molar-refractivity contribution is 9.10. The number of hydrogen-bond acceptors (Lipinski definition) is 7. The van der Waals surface area contributed by atoms with E-state index in [1.807, 2.05) is 61.5 Å². The first-order chi connectivity index (χ1) is 16.7. The zero-order valence-electron chi connectivity index (χ0n) is 20.2. The molecule has 182 valence electrons. The number of nitrogens with zero attached hydrogens (tertiary/aromatic N) is 3. The minimum Gasteiger partial charge on any atom is -0.496 e. The molecule has 0 unspecified atom stereocenters. The largest absolute Gasteiger partial charge is 0.496 e. The molecule has 0 fully saturated rings. The van der Waals surface area contributed by atoms with Crippen LogP contribution in [0, 0.1) is 0 Å². The van der Waals surface area contributed by atoms with Crippen molar-refractivity contribution < 1.29 is 14.3 Å². The van der Waals surface area contributed by atoms with E-state index in [0.717, 1.165) is 21.3 Å². The van der Waals surface area contributed by atoms with E-state index in [1.165, 1.54) is 11.3 Å². The van der Waals surface area contributed by atoms with Crippen molar-refractivity contribution in [2.45, 2.75) is 19.9 Å². The van der Waals surface area contributed by atoms with Crippen LogP contribution in [-0.2, 0) is 9.53 Å². The van der Waals surface area contributed by atoms with Crippen LogP contribution in [0.15, 0.2) is 68.0 Å². The number of ether oxygens (including phenoxy) is 2. The molecule has 0 amide bonds. The smallest absolute Gasteiger partial charge is 0.338 e. The molecular weight excluding hydrogens is 530 g/mol. The van der Waals surface area contributed by atoms with E-state index in [-0.39, 0.29) is 12.2 Å². The number of aromatic nitrogens is 1. The van der Waals surface area contributed by atoms with Gasteiger partial charge in [0.15, 0.2) is 4.80 Å². The summed E-state index contributed by atoms with van der Waals surface area (Å²) in [5.74, 6) is 0.177. The first-order valence-electron chi connectivity index (χ1n) is 11.1. The molecule has 3 aromatic rings. The predicted octanol–water partition coefficient (Wildman–Crippen LogP) is 3.64. The van der Waals surface area contributed by atoms with Gasteiger partial charge in [-0.25, -0.2) is 9.79 Å². The molecule has 1 aliphatic heterocycles. The van der Waals surface area contributed by atoms with E-state index in [9.17, 15) is 9.59 Å². The molecule has 2 heterocycles. The number of halogens is 1. The van der Waals surface area contributed by atoms with E-state index >= 15 is 0 Å². The number of hydrogen-bond donors (Lipinski definition) is 0. The monoisotopic (exact) mass is 555 g/mol. The molecule has 0 saturated heterocycles. The molecule has 1 aromatic heterocycles. The standard InChI is InChI=1S/C26H26BrN3O4S/c1-6-34-25(32)22-15(2)28-26-30(23(22)16-7-10-19(11-8-16)29(3)4)24(31)21(35-26)14-17-13-18(27)9-12-20(17)33-5/h7-14,23H,6H2,1-5H3/b21-14-/t23-/m0/s1. The van der Waals surface area contributed by atoms with Crippen molar-refractivity contribution in [1.29, 1.82) is 0 Å². The van der Waals surface area contributed by atoms with E-state index in [1.54, 1.807) is 31.6 Å². The van der Waals surface area contributed by atoms with E-state index in [4.69, 9.17) is 9.47 Å². The van der Waals surface area contributed by atoms with E-state index in [2.05, 4.69) is 20.9 Å². The van der Waals surface area contributed by atoms with Crippen LogP contribution in [0.2, 0.25) is 0 Å². The highest BCUT2D eigenvalue weighted by atomic mass is 79.9. The third kappa shape index (κ3) is 4.83. The van der Waals surface area contributed by atoms with Crippen LogP contribution in [0.4, 0.5) is 5.69 Å². The molecule has 0 N–H and O–H groups in total. The summed E-state index contributed by atoms with van der Waals surface area (Å²) >= 11 is 4.76. The first-order valence-corrected chi connectivity index (χ1v) is 12.7. The summed E-state index contributed by atoms with van der Waals surface area (Å²) in [5, 5.41) is 0. The van der Waals surface area contributed by atoms with Crippen molar-refractivity contribution in [3.8, 4) is 5.75 Å². The average Bonchev–Trinajstić information content (AvgIpc) is 3.13. The van der Waals surface area contributed by atoms with Crippen molar-refractivity contribution in [1.82, 2.24) is 4.57 Å². The molecule has 0 spiro atoms. The average molecular weight is 556 g/mol. The Morgan fingerprint density at radius 2 is 1.94 bits per heavy atom. The summed E-state index contributed by atoms with van der Waals surface area (Å²) in [4.78, 5) is 33.9. The van der Waals surface area contributed by atoms with Gasteiger partial charge in [-0.15, -0.1) is 0 Å². The number of carbonyl (C=O) groups excluding carboxylic acids is 1. The maximum absolute atomic E-state index is 13.7. The van der Waals surface area contributed by atoms with Crippen LogP contribution in [0.3, 0.4) is 0 Å². The zero-order chi connectivity index (χ0) is 25.3. The Kier molecular flexibility index (Phi) is 7.28. The van der Waals surface area contributed by atoms with Crippen molar-refractivity contribution in [3.63, 3.8) is 0 Å².